The average molecular weight is 411 g/mol. The van der Waals surface area contributed by atoms with Gasteiger partial charge in [0.2, 0.25) is 0 Å². The molecule has 0 bridgehead atoms. The van der Waals surface area contributed by atoms with E-state index in [0.29, 0.717) is 17.7 Å². The van der Waals surface area contributed by atoms with Crippen molar-refractivity contribution in [1.29, 1.82) is 0 Å². The molecule has 0 spiro atoms. The Hall–Kier alpha value is -3.75. The van der Waals surface area contributed by atoms with Gasteiger partial charge in [-0.3, -0.25) is 9.78 Å². The topological polar surface area (TPSA) is 89.4 Å². The first-order valence-corrected chi connectivity index (χ1v) is 9.22. The summed E-state index contributed by atoms with van der Waals surface area (Å²) >= 11 is 0. The Bertz CT molecular complexity index is 1070. The number of carbonyl (C=O) groups is 1. The van der Waals surface area contributed by atoms with E-state index >= 15 is 0 Å². The minimum atomic E-state index is -0.615. The van der Waals surface area contributed by atoms with Gasteiger partial charge in [-0.15, -0.1) is 0 Å². The van der Waals surface area contributed by atoms with Crippen molar-refractivity contribution in [1.82, 2.24) is 15.0 Å². The van der Waals surface area contributed by atoms with E-state index in [1.54, 1.807) is 12.1 Å². The maximum atomic E-state index is 13.7. The summed E-state index contributed by atoms with van der Waals surface area (Å²) in [7, 11) is 0. The highest BCUT2D eigenvalue weighted by atomic mass is 19.1. The van der Waals surface area contributed by atoms with E-state index in [2.05, 4.69) is 25.4 Å². The molecule has 154 valence electrons. The molecule has 0 aliphatic heterocycles. The van der Waals surface area contributed by atoms with Crippen LogP contribution >= 0.6 is 0 Å². The molecule has 3 rings (SSSR count). The second kappa shape index (κ2) is 9.64. The average Bonchev–Trinajstić information content (AvgIpc) is 2.74. The first-order valence-electron chi connectivity index (χ1n) is 9.22. The van der Waals surface area contributed by atoms with E-state index in [1.165, 1.54) is 37.6 Å². The number of nitrogens with zero attached hydrogens (tertiary/aromatic N) is 4. The first-order chi connectivity index (χ1) is 14.5. The van der Waals surface area contributed by atoms with E-state index in [-0.39, 0.29) is 22.8 Å². The molecular weight excluding hydrogens is 392 g/mol. The lowest BCUT2D eigenvalue weighted by molar-refractivity contribution is 0.102. The molecule has 7 nitrogen and oxygen atoms in total. The number of hydrogen-bond acceptors (Lipinski definition) is 6. The number of pyridine rings is 3. The number of rotatable bonds is 7. The van der Waals surface area contributed by atoms with Crippen molar-refractivity contribution in [2.45, 2.75) is 26.7 Å². The highest BCUT2D eigenvalue weighted by molar-refractivity contribution is 6.05. The molecular formula is C21H19F2N5O2. The second-order valence-corrected chi connectivity index (χ2v) is 6.35. The number of aromatic nitrogens is 3. The summed E-state index contributed by atoms with van der Waals surface area (Å²) in [6, 6.07) is 5.97. The fourth-order valence-electron chi connectivity index (χ4n) is 2.57. The van der Waals surface area contributed by atoms with Gasteiger partial charge in [0.25, 0.3) is 11.8 Å². The van der Waals surface area contributed by atoms with Crippen molar-refractivity contribution in [2.75, 3.05) is 5.32 Å². The highest BCUT2D eigenvalue weighted by Gasteiger charge is 2.14. The maximum Gasteiger partial charge on any atom is 0.284 e. The zero-order valence-electron chi connectivity index (χ0n) is 16.4. The van der Waals surface area contributed by atoms with E-state index < -0.39 is 17.5 Å². The molecule has 1 amide bonds. The van der Waals surface area contributed by atoms with Crippen LogP contribution in [0.3, 0.4) is 0 Å². The number of hydrogen-bond donors (Lipinski definition) is 1. The van der Waals surface area contributed by atoms with E-state index in [0.717, 1.165) is 12.6 Å². The van der Waals surface area contributed by atoms with Gasteiger partial charge in [0.15, 0.2) is 5.82 Å². The van der Waals surface area contributed by atoms with Crippen LogP contribution in [0.5, 0.6) is 5.88 Å². The van der Waals surface area contributed by atoms with Crippen LogP contribution in [0.4, 0.5) is 14.6 Å². The standard InChI is InChI=1S/C21H19F2N5O2/c1-3-5-18(28-30-21-16(22)6-4-9-25-21)14-7-8-19(26-10-14)27-20(29)15-11-24-12-17(23)13(15)2/h4,6-12H,3,5H2,1-2H3,(H,26,27,29)/b28-18+. The van der Waals surface area contributed by atoms with Crippen LogP contribution in [0.1, 0.15) is 41.3 Å². The summed E-state index contributed by atoms with van der Waals surface area (Å²) < 4.78 is 27.3. The number of halogens is 2. The van der Waals surface area contributed by atoms with Gasteiger partial charge in [0.1, 0.15) is 11.6 Å². The molecule has 0 aromatic carbocycles. The van der Waals surface area contributed by atoms with Crippen molar-refractivity contribution in [3.05, 3.63) is 77.4 Å². The maximum absolute atomic E-state index is 13.7. The normalized spacial score (nSPS) is 11.3. The molecule has 30 heavy (non-hydrogen) atoms. The van der Waals surface area contributed by atoms with Crippen LogP contribution < -0.4 is 10.2 Å². The van der Waals surface area contributed by atoms with Crippen molar-refractivity contribution in [2.24, 2.45) is 5.16 Å². The Morgan fingerprint density at radius 3 is 2.67 bits per heavy atom. The van der Waals surface area contributed by atoms with Gasteiger partial charge in [-0.2, -0.15) is 0 Å². The minimum Gasteiger partial charge on any atom is -0.333 e. The molecule has 3 aromatic rings. The Kier molecular flexibility index (Phi) is 6.74. The largest absolute Gasteiger partial charge is 0.333 e. The predicted molar refractivity (Wildman–Crippen MR) is 107 cm³/mol. The molecule has 9 heteroatoms. The molecule has 0 aliphatic rings. The Morgan fingerprint density at radius 1 is 1.13 bits per heavy atom. The van der Waals surface area contributed by atoms with Crippen molar-refractivity contribution in [3.63, 3.8) is 0 Å². The molecule has 0 saturated carbocycles. The smallest absolute Gasteiger partial charge is 0.284 e. The monoisotopic (exact) mass is 411 g/mol. The first kappa shape index (κ1) is 21.0. The van der Waals surface area contributed by atoms with Crippen LogP contribution in [0, 0.1) is 18.6 Å². The molecule has 3 heterocycles. The van der Waals surface area contributed by atoms with Gasteiger partial charge in [0, 0.05) is 29.7 Å². The molecule has 0 saturated heterocycles. The summed E-state index contributed by atoms with van der Waals surface area (Å²) in [5, 5.41) is 6.61. The van der Waals surface area contributed by atoms with Gasteiger partial charge >= 0.3 is 0 Å². The highest BCUT2D eigenvalue weighted by Crippen LogP contribution is 2.16. The molecule has 0 aliphatic carbocycles. The minimum absolute atomic E-state index is 0.125. The third kappa shape index (κ3) is 4.99. The molecule has 0 atom stereocenters. The zero-order valence-corrected chi connectivity index (χ0v) is 16.4. The van der Waals surface area contributed by atoms with E-state index in [9.17, 15) is 13.6 Å². The van der Waals surface area contributed by atoms with Crippen molar-refractivity contribution >= 4 is 17.4 Å². The Morgan fingerprint density at radius 2 is 1.97 bits per heavy atom. The SMILES string of the molecule is CCC/C(=N\Oc1ncccc1F)c1ccc(NC(=O)c2cncc(F)c2C)nc1. The summed E-state index contributed by atoms with van der Waals surface area (Å²) in [5.41, 5.74) is 1.53. The quantitative estimate of drug-likeness (QED) is 0.463. The van der Waals surface area contributed by atoms with Gasteiger partial charge in [0.05, 0.1) is 17.5 Å². The third-order valence-corrected chi connectivity index (χ3v) is 4.19. The second-order valence-electron chi connectivity index (χ2n) is 6.35. The van der Waals surface area contributed by atoms with Crippen LogP contribution in [-0.2, 0) is 0 Å². The number of oxime groups is 1. The predicted octanol–water partition coefficient (Wildman–Crippen LogP) is 4.29. The lowest BCUT2D eigenvalue weighted by atomic mass is 10.1. The molecule has 0 unspecified atom stereocenters. The Balaban J connectivity index is 1.75. The number of anilines is 1. The van der Waals surface area contributed by atoms with Crippen LogP contribution in [-0.4, -0.2) is 26.6 Å². The lowest BCUT2D eigenvalue weighted by Crippen LogP contribution is -2.15. The molecule has 1 N–H and O–H groups in total. The van der Waals surface area contributed by atoms with Crippen LogP contribution in [0.25, 0.3) is 0 Å². The van der Waals surface area contributed by atoms with Gasteiger partial charge in [-0.05, 0) is 37.6 Å². The lowest BCUT2D eigenvalue weighted by Gasteiger charge is -2.09. The van der Waals surface area contributed by atoms with E-state index in [1.807, 2.05) is 6.92 Å². The zero-order chi connectivity index (χ0) is 21.5. The molecule has 0 fully saturated rings. The molecule has 3 aromatic heterocycles. The van der Waals surface area contributed by atoms with E-state index in [4.69, 9.17) is 4.84 Å². The summed E-state index contributed by atoms with van der Waals surface area (Å²) in [6.07, 6.45) is 6.60. The molecule has 0 radical (unpaired) electrons. The number of amides is 1. The van der Waals surface area contributed by atoms with Crippen molar-refractivity contribution < 1.29 is 18.4 Å². The fraction of sp³-hybridized carbons (Fsp3) is 0.190. The third-order valence-electron chi connectivity index (χ3n) is 4.19. The fourth-order valence-corrected chi connectivity index (χ4v) is 2.57. The number of carbonyl (C=O) groups excluding carboxylic acids is 1. The van der Waals surface area contributed by atoms with Crippen molar-refractivity contribution in [3.8, 4) is 5.88 Å². The summed E-state index contributed by atoms with van der Waals surface area (Å²) in [4.78, 5) is 29.2. The van der Waals surface area contributed by atoms with Crippen LogP contribution in [0.2, 0.25) is 0 Å². The summed E-state index contributed by atoms with van der Waals surface area (Å²) in [5.74, 6) is -1.63. The number of nitrogens with one attached hydrogen (secondary N) is 1. The van der Waals surface area contributed by atoms with Gasteiger partial charge in [-0.25, -0.2) is 18.7 Å². The Labute approximate surface area is 171 Å². The van der Waals surface area contributed by atoms with Crippen LogP contribution in [0.15, 0.2) is 54.2 Å². The van der Waals surface area contributed by atoms with Gasteiger partial charge in [-0.1, -0.05) is 18.5 Å². The summed E-state index contributed by atoms with van der Waals surface area (Å²) in [6.45, 7) is 3.47. The van der Waals surface area contributed by atoms with Gasteiger partial charge < -0.3 is 10.2 Å².